The average Bonchev–Trinajstić information content (AvgIpc) is 2.89. The molecule has 1 aromatic carbocycles. The second kappa shape index (κ2) is 6.90. The van der Waals surface area contributed by atoms with Gasteiger partial charge in [-0.15, -0.1) is 0 Å². The van der Waals surface area contributed by atoms with Crippen LogP contribution in [0.1, 0.15) is 38.2 Å². The second-order valence-corrected chi connectivity index (χ2v) is 5.56. The highest BCUT2D eigenvalue weighted by molar-refractivity contribution is 5.54. The van der Waals surface area contributed by atoms with Gasteiger partial charge < -0.3 is 10.2 Å². The number of nitrogens with one attached hydrogen (secondary N) is 1. The van der Waals surface area contributed by atoms with E-state index in [2.05, 4.69) is 17.1 Å². The van der Waals surface area contributed by atoms with E-state index in [1.807, 2.05) is 13.1 Å². The maximum atomic E-state index is 14.1. The molecule has 0 atom stereocenters. The number of hydrogen-bond acceptors (Lipinski definition) is 2. The summed E-state index contributed by atoms with van der Waals surface area (Å²) in [5, 5.41) is 3.29. The Morgan fingerprint density at radius 3 is 2.74 bits per heavy atom. The number of para-hydroxylation sites is 1. The summed E-state index contributed by atoms with van der Waals surface area (Å²) in [6, 6.07) is 5.39. The van der Waals surface area contributed by atoms with Crippen LogP contribution in [0.5, 0.6) is 0 Å². The first-order chi connectivity index (χ1) is 9.22. The quantitative estimate of drug-likeness (QED) is 0.845. The highest BCUT2D eigenvalue weighted by atomic mass is 19.1. The van der Waals surface area contributed by atoms with Gasteiger partial charge in [0.05, 0.1) is 5.69 Å². The number of anilines is 1. The van der Waals surface area contributed by atoms with Crippen LogP contribution in [0.25, 0.3) is 0 Å². The minimum atomic E-state index is -0.101. The number of rotatable bonds is 6. The molecule has 0 aliphatic heterocycles. The van der Waals surface area contributed by atoms with Gasteiger partial charge in [-0.2, -0.15) is 0 Å². The lowest BCUT2D eigenvalue weighted by Gasteiger charge is -2.26. The molecular weight excluding hydrogens is 239 g/mol. The molecule has 2 rings (SSSR count). The first kappa shape index (κ1) is 14.3. The Kier molecular flexibility index (Phi) is 5.20. The van der Waals surface area contributed by atoms with Crippen LogP contribution in [0, 0.1) is 11.7 Å². The number of halogens is 1. The Hall–Kier alpha value is -1.09. The molecule has 3 heteroatoms. The van der Waals surface area contributed by atoms with Crippen LogP contribution in [0.4, 0.5) is 10.1 Å². The normalized spacial score (nSPS) is 15.9. The van der Waals surface area contributed by atoms with Gasteiger partial charge in [0.2, 0.25) is 0 Å². The molecule has 1 aliphatic carbocycles. The van der Waals surface area contributed by atoms with Gasteiger partial charge in [0, 0.05) is 20.1 Å². The topological polar surface area (TPSA) is 15.3 Å². The third-order valence-corrected chi connectivity index (χ3v) is 4.02. The lowest BCUT2D eigenvalue weighted by atomic mass is 10.1. The van der Waals surface area contributed by atoms with Crippen LogP contribution in [0.2, 0.25) is 0 Å². The lowest BCUT2D eigenvalue weighted by molar-refractivity contribution is 0.537. The van der Waals surface area contributed by atoms with E-state index in [0.717, 1.165) is 36.8 Å². The second-order valence-electron chi connectivity index (χ2n) is 5.56. The van der Waals surface area contributed by atoms with Crippen molar-refractivity contribution in [3.63, 3.8) is 0 Å². The van der Waals surface area contributed by atoms with Crippen molar-refractivity contribution >= 4 is 5.69 Å². The van der Waals surface area contributed by atoms with Crippen LogP contribution < -0.4 is 10.2 Å². The fourth-order valence-electron chi connectivity index (χ4n) is 3.06. The third-order valence-electron chi connectivity index (χ3n) is 4.02. The molecule has 0 saturated heterocycles. The van der Waals surface area contributed by atoms with Crippen molar-refractivity contribution in [2.24, 2.45) is 5.92 Å². The zero-order valence-electron chi connectivity index (χ0n) is 12.1. The molecule has 1 aliphatic rings. The van der Waals surface area contributed by atoms with E-state index < -0.39 is 0 Å². The standard InChI is InChI=1S/C16H25FN2/c1-3-18-11-14-9-6-10-15(17)16(14)19(2)12-13-7-4-5-8-13/h6,9-10,13,18H,3-5,7-8,11-12H2,1-2H3. The lowest BCUT2D eigenvalue weighted by Crippen LogP contribution is -2.27. The molecule has 106 valence electrons. The third kappa shape index (κ3) is 3.69. The summed E-state index contributed by atoms with van der Waals surface area (Å²) in [5.41, 5.74) is 1.83. The molecule has 1 aromatic rings. The molecule has 0 unspecified atom stereocenters. The average molecular weight is 264 g/mol. The van der Waals surface area contributed by atoms with Crippen molar-refractivity contribution in [3.8, 4) is 0 Å². The van der Waals surface area contributed by atoms with Crippen molar-refractivity contribution in [2.45, 2.75) is 39.2 Å². The Balaban J connectivity index is 2.11. The predicted molar refractivity (Wildman–Crippen MR) is 79.0 cm³/mol. The largest absolute Gasteiger partial charge is 0.372 e. The Bertz CT molecular complexity index is 400. The molecule has 0 spiro atoms. The van der Waals surface area contributed by atoms with Crippen molar-refractivity contribution in [1.82, 2.24) is 5.32 Å². The van der Waals surface area contributed by atoms with E-state index in [-0.39, 0.29) is 5.82 Å². The molecule has 0 radical (unpaired) electrons. The summed E-state index contributed by atoms with van der Waals surface area (Å²) in [6.07, 6.45) is 5.25. The number of hydrogen-bond donors (Lipinski definition) is 1. The first-order valence-corrected chi connectivity index (χ1v) is 7.41. The summed E-state index contributed by atoms with van der Waals surface area (Å²) in [7, 11) is 2.02. The first-order valence-electron chi connectivity index (χ1n) is 7.41. The maximum absolute atomic E-state index is 14.1. The van der Waals surface area contributed by atoms with Crippen LogP contribution in [-0.4, -0.2) is 20.1 Å². The van der Waals surface area contributed by atoms with Gasteiger partial charge in [0.1, 0.15) is 5.82 Å². The SMILES string of the molecule is CCNCc1cccc(F)c1N(C)CC1CCCC1. The smallest absolute Gasteiger partial charge is 0.146 e. The molecule has 1 N–H and O–H groups in total. The number of nitrogens with zero attached hydrogens (tertiary/aromatic N) is 1. The van der Waals surface area contributed by atoms with E-state index in [4.69, 9.17) is 0 Å². The summed E-state index contributed by atoms with van der Waals surface area (Å²) in [5.74, 6) is 0.632. The van der Waals surface area contributed by atoms with Crippen molar-refractivity contribution < 1.29 is 4.39 Å². The van der Waals surface area contributed by atoms with Crippen LogP contribution in [0.15, 0.2) is 18.2 Å². The fraction of sp³-hybridized carbons (Fsp3) is 0.625. The van der Waals surface area contributed by atoms with Crippen LogP contribution >= 0.6 is 0 Å². The van der Waals surface area contributed by atoms with Gasteiger partial charge in [0.15, 0.2) is 0 Å². The monoisotopic (exact) mass is 264 g/mol. The van der Waals surface area contributed by atoms with Gasteiger partial charge >= 0.3 is 0 Å². The molecule has 0 heterocycles. The Morgan fingerprint density at radius 2 is 2.05 bits per heavy atom. The minimum Gasteiger partial charge on any atom is -0.372 e. The van der Waals surface area contributed by atoms with Crippen LogP contribution in [0.3, 0.4) is 0 Å². The van der Waals surface area contributed by atoms with Crippen molar-refractivity contribution in [1.29, 1.82) is 0 Å². The van der Waals surface area contributed by atoms with Gasteiger partial charge in [0.25, 0.3) is 0 Å². The highest BCUT2D eigenvalue weighted by Gasteiger charge is 2.20. The van der Waals surface area contributed by atoms with E-state index in [1.165, 1.54) is 25.7 Å². The maximum Gasteiger partial charge on any atom is 0.146 e. The van der Waals surface area contributed by atoms with E-state index in [0.29, 0.717) is 0 Å². The summed E-state index contributed by atoms with van der Waals surface area (Å²) in [6.45, 7) is 4.68. The Labute approximate surface area is 116 Å². The molecule has 0 bridgehead atoms. The van der Waals surface area contributed by atoms with E-state index >= 15 is 0 Å². The summed E-state index contributed by atoms with van der Waals surface area (Å²) >= 11 is 0. The molecule has 19 heavy (non-hydrogen) atoms. The van der Waals surface area contributed by atoms with E-state index in [1.54, 1.807) is 12.1 Å². The summed E-state index contributed by atoms with van der Waals surface area (Å²) in [4.78, 5) is 2.11. The molecule has 0 amide bonds. The van der Waals surface area contributed by atoms with Crippen molar-refractivity contribution in [2.75, 3.05) is 25.0 Å². The van der Waals surface area contributed by atoms with Crippen molar-refractivity contribution in [3.05, 3.63) is 29.6 Å². The Morgan fingerprint density at radius 1 is 1.32 bits per heavy atom. The number of benzene rings is 1. The minimum absolute atomic E-state index is 0.101. The summed E-state index contributed by atoms with van der Waals surface area (Å²) < 4.78 is 14.1. The predicted octanol–water partition coefficient (Wildman–Crippen LogP) is 3.56. The van der Waals surface area contributed by atoms with Gasteiger partial charge in [-0.3, -0.25) is 0 Å². The zero-order chi connectivity index (χ0) is 13.7. The van der Waals surface area contributed by atoms with E-state index in [9.17, 15) is 4.39 Å². The van der Waals surface area contributed by atoms with Crippen LogP contribution in [-0.2, 0) is 6.54 Å². The van der Waals surface area contributed by atoms with Gasteiger partial charge in [-0.1, -0.05) is 31.9 Å². The fourth-order valence-corrected chi connectivity index (χ4v) is 3.06. The van der Waals surface area contributed by atoms with Gasteiger partial charge in [-0.05, 0) is 36.9 Å². The zero-order valence-corrected chi connectivity index (χ0v) is 12.1. The molecule has 1 saturated carbocycles. The molecule has 2 nitrogen and oxygen atoms in total. The molecular formula is C16H25FN2. The molecule has 0 aromatic heterocycles. The highest BCUT2D eigenvalue weighted by Crippen LogP contribution is 2.29. The molecule has 1 fully saturated rings. The van der Waals surface area contributed by atoms with Gasteiger partial charge in [-0.25, -0.2) is 4.39 Å².